The molecule has 0 aliphatic carbocycles. The number of piperidine rings is 1. The highest BCUT2D eigenvalue weighted by Gasteiger charge is 2.27. The number of aliphatic carboxylic acids is 2. The molecule has 12 heteroatoms. The van der Waals surface area contributed by atoms with Crippen LogP contribution in [0.2, 0.25) is 0 Å². The van der Waals surface area contributed by atoms with Crippen molar-refractivity contribution in [1.29, 1.82) is 0 Å². The number of nitrogens with zero attached hydrogens (tertiary/aromatic N) is 2. The molecule has 1 aromatic heterocycles. The maximum atomic E-state index is 13.5. The normalized spacial score (nSPS) is 13.5. The molecule has 10 nitrogen and oxygen atoms in total. The van der Waals surface area contributed by atoms with Crippen molar-refractivity contribution in [3.05, 3.63) is 94.6 Å². The molecule has 1 aliphatic heterocycles. The van der Waals surface area contributed by atoms with Gasteiger partial charge in [0.2, 0.25) is 5.91 Å². The zero-order valence-electron chi connectivity index (χ0n) is 24.4. The smallest absolute Gasteiger partial charge is 0.328 e. The third-order valence-electron chi connectivity index (χ3n) is 6.75. The summed E-state index contributed by atoms with van der Waals surface area (Å²) in [6, 6.07) is 14.7. The number of carbonyl (C=O) groups is 5. The zero-order chi connectivity index (χ0) is 32.2. The summed E-state index contributed by atoms with van der Waals surface area (Å²) in [5.41, 5.74) is 2.75. The molecular weight excluding hydrogens is 589 g/mol. The number of rotatable bonds is 10. The van der Waals surface area contributed by atoms with Gasteiger partial charge in [-0.25, -0.2) is 14.0 Å². The lowest BCUT2D eigenvalue weighted by Crippen LogP contribution is -2.42. The van der Waals surface area contributed by atoms with Gasteiger partial charge in [-0.1, -0.05) is 6.07 Å². The van der Waals surface area contributed by atoms with Crippen molar-refractivity contribution in [1.82, 2.24) is 4.90 Å². The summed E-state index contributed by atoms with van der Waals surface area (Å²) >= 11 is 1.53. The van der Waals surface area contributed by atoms with Crippen LogP contribution in [-0.2, 0) is 14.4 Å². The van der Waals surface area contributed by atoms with Crippen LogP contribution < -0.4 is 10.2 Å². The molecule has 2 aromatic carbocycles. The second-order valence-electron chi connectivity index (χ2n) is 10.2. The number of carbonyl (C=O) groups excluding carboxylic acids is 3. The van der Waals surface area contributed by atoms with Crippen molar-refractivity contribution >= 4 is 51.6 Å². The number of Topliss-reactive ketones (excluding diaryl/α,β-unsaturated/α-hetero) is 1. The maximum Gasteiger partial charge on any atom is 0.328 e. The highest BCUT2D eigenvalue weighted by atomic mass is 32.1. The number of carboxylic acids is 2. The Bertz CT molecular complexity index is 1500. The Labute approximate surface area is 258 Å². The topological polar surface area (TPSA) is 144 Å². The molecule has 1 saturated heterocycles. The number of carboxylic acid groups (broad SMARTS) is 2. The van der Waals surface area contributed by atoms with Crippen molar-refractivity contribution in [2.24, 2.45) is 5.92 Å². The quantitative estimate of drug-likeness (QED) is 0.209. The molecule has 0 atom stereocenters. The van der Waals surface area contributed by atoms with E-state index in [1.165, 1.54) is 30.4 Å². The second kappa shape index (κ2) is 16.2. The Balaban J connectivity index is 0.000000583. The van der Waals surface area contributed by atoms with Gasteiger partial charge in [-0.15, -0.1) is 11.3 Å². The fraction of sp³-hybridized carbons (Fsp3) is 0.281. The lowest BCUT2D eigenvalue weighted by molar-refractivity contribution is -0.134. The Morgan fingerprint density at radius 3 is 2.16 bits per heavy atom. The summed E-state index contributed by atoms with van der Waals surface area (Å²) in [5, 5.41) is 21.3. The number of halogens is 1. The van der Waals surface area contributed by atoms with E-state index in [4.69, 9.17) is 10.2 Å². The molecule has 2 amide bonds. The van der Waals surface area contributed by atoms with Crippen molar-refractivity contribution in [2.45, 2.75) is 26.7 Å². The first-order valence-corrected chi connectivity index (χ1v) is 14.7. The van der Waals surface area contributed by atoms with Crippen LogP contribution >= 0.6 is 11.3 Å². The van der Waals surface area contributed by atoms with Crippen molar-refractivity contribution in [3.8, 4) is 0 Å². The fourth-order valence-corrected chi connectivity index (χ4v) is 5.54. The number of amides is 2. The average Bonchev–Trinajstić information content (AvgIpc) is 3.42. The highest BCUT2D eigenvalue weighted by molar-refractivity contribution is 7.14. The van der Waals surface area contributed by atoms with Gasteiger partial charge < -0.3 is 20.4 Å². The van der Waals surface area contributed by atoms with E-state index in [9.17, 15) is 28.4 Å². The third kappa shape index (κ3) is 10.5. The molecule has 232 valence electrons. The number of ketones is 1. The number of thiophene rings is 1. The minimum Gasteiger partial charge on any atom is -0.478 e. The molecule has 0 spiro atoms. The van der Waals surface area contributed by atoms with Gasteiger partial charge in [-0.3, -0.25) is 19.3 Å². The zero-order valence-corrected chi connectivity index (χ0v) is 25.2. The molecule has 4 rings (SSSR count). The molecule has 0 radical (unpaired) electrons. The number of likely N-dealkylation sites (tertiary alicyclic amines) is 1. The Morgan fingerprint density at radius 1 is 0.977 bits per heavy atom. The van der Waals surface area contributed by atoms with Gasteiger partial charge in [0, 0.05) is 54.9 Å². The van der Waals surface area contributed by atoms with E-state index in [2.05, 4.69) is 10.2 Å². The standard InChI is InChI=1S/C28H30FN3O3S.C4H4O4/c1-19-16-26(36-18-19)32(28(35)23-4-3-5-25(17-23)30-20(2)33)15-14-31-12-10-22(11-13-31)27(34)21-6-8-24(29)9-7-21;5-3(6)1-2-4(7)8/h3-9,16-18,22H,10-15H2,1-2H3,(H,30,33);1-2H,(H,5,6)(H,7,8). The number of aryl methyl sites for hydroxylation is 1. The Morgan fingerprint density at radius 2 is 1.61 bits per heavy atom. The van der Waals surface area contributed by atoms with Crippen LogP contribution in [0.1, 0.15) is 46.0 Å². The first-order chi connectivity index (χ1) is 20.9. The number of nitrogens with one attached hydrogen (secondary N) is 1. The van der Waals surface area contributed by atoms with Gasteiger partial charge in [0.05, 0.1) is 5.00 Å². The molecule has 2 heterocycles. The number of anilines is 2. The van der Waals surface area contributed by atoms with Crippen LogP contribution in [-0.4, -0.2) is 70.8 Å². The van der Waals surface area contributed by atoms with Crippen LogP contribution in [0.15, 0.2) is 72.1 Å². The lowest BCUT2D eigenvalue weighted by Gasteiger charge is -2.33. The number of hydrogen-bond acceptors (Lipinski definition) is 7. The molecule has 3 N–H and O–H groups in total. The van der Waals surface area contributed by atoms with Gasteiger partial charge >= 0.3 is 11.9 Å². The van der Waals surface area contributed by atoms with E-state index >= 15 is 0 Å². The second-order valence-corrected chi connectivity index (χ2v) is 11.1. The third-order valence-corrected chi connectivity index (χ3v) is 7.82. The molecule has 0 unspecified atom stereocenters. The molecule has 1 fully saturated rings. The minimum atomic E-state index is -1.26. The van der Waals surface area contributed by atoms with Crippen LogP contribution in [0.25, 0.3) is 0 Å². The van der Waals surface area contributed by atoms with E-state index in [1.54, 1.807) is 41.3 Å². The monoisotopic (exact) mass is 623 g/mol. The summed E-state index contributed by atoms with van der Waals surface area (Å²) in [6.45, 7) is 6.17. The summed E-state index contributed by atoms with van der Waals surface area (Å²) in [7, 11) is 0. The van der Waals surface area contributed by atoms with Crippen LogP contribution in [0, 0.1) is 18.7 Å². The van der Waals surface area contributed by atoms with E-state index in [-0.39, 0.29) is 29.3 Å². The molecular formula is C32H34FN3O7S. The van der Waals surface area contributed by atoms with Crippen molar-refractivity contribution < 1.29 is 38.6 Å². The van der Waals surface area contributed by atoms with Crippen molar-refractivity contribution in [3.63, 3.8) is 0 Å². The minimum absolute atomic E-state index is 0.0686. The first kappa shape index (κ1) is 33.8. The van der Waals surface area contributed by atoms with Gasteiger partial charge in [-0.05, 0) is 92.3 Å². The molecule has 3 aromatic rings. The summed E-state index contributed by atoms with van der Waals surface area (Å²) < 4.78 is 13.2. The van der Waals surface area contributed by atoms with Gasteiger partial charge in [0.25, 0.3) is 5.91 Å². The summed E-state index contributed by atoms with van der Waals surface area (Å²) in [4.78, 5) is 60.9. The predicted octanol–water partition coefficient (Wildman–Crippen LogP) is 5.11. The fourth-order valence-electron chi connectivity index (χ4n) is 4.61. The largest absolute Gasteiger partial charge is 0.478 e. The summed E-state index contributed by atoms with van der Waals surface area (Å²) in [6.07, 6.45) is 2.59. The van der Waals surface area contributed by atoms with E-state index in [1.807, 2.05) is 18.4 Å². The number of benzene rings is 2. The number of hydrogen-bond donors (Lipinski definition) is 3. The van der Waals surface area contributed by atoms with Crippen LogP contribution in [0.4, 0.5) is 15.1 Å². The van der Waals surface area contributed by atoms with Crippen molar-refractivity contribution in [2.75, 3.05) is 36.4 Å². The Kier molecular flexibility index (Phi) is 12.5. The van der Waals surface area contributed by atoms with Gasteiger partial charge in [0.15, 0.2) is 5.78 Å². The lowest BCUT2D eigenvalue weighted by atomic mass is 9.89. The van der Waals surface area contributed by atoms with Crippen LogP contribution in [0.5, 0.6) is 0 Å². The van der Waals surface area contributed by atoms with E-state index < -0.39 is 11.9 Å². The van der Waals surface area contributed by atoms with Gasteiger partial charge in [-0.2, -0.15) is 0 Å². The summed E-state index contributed by atoms with van der Waals surface area (Å²) in [5.74, 6) is -3.17. The Hall–Kier alpha value is -4.68. The van der Waals surface area contributed by atoms with Gasteiger partial charge in [0.1, 0.15) is 5.82 Å². The van der Waals surface area contributed by atoms with E-state index in [0.717, 1.165) is 36.5 Å². The first-order valence-electron chi connectivity index (χ1n) is 13.8. The van der Waals surface area contributed by atoms with Crippen LogP contribution in [0.3, 0.4) is 0 Å². The predicted molar refractivity (Wildman–Crippen MR) is 166 cm³/mol. The molecule has 1 aliphatic rings. The maximum absolute atomic E-state index is 13.5. The molecule has 0 saturated carbocycles. The average molecular weight is 624 g/mol. The highest BCUT2D eigenvalue weighted by Crippen LogP contribution is 2.27. The molecule has 0 bridgehead atoms. The molecule has 44 heavy (non-hydrogen) atoms. The SMILES string of the molecule is CC(=O)Nc1cccc(C(=O)N(CCN2CCC(C(=O)c3ccc(F)cc3)CC2)c2cc(C)cs2)c1.O=C(O)C=CC(=O)O. The van der Waals surface area contributed by atoms with E-state index in [0.29, 0.717) is 42.1 Å².